The number of aliphatic hydroxyl groups is 1. The van der Waals surface area contributed by atoms with Crippen molar-refractivity contribution in [3.63, 3.8) is 0 Å². The van der Waals surface area contributed by atoms with Crippen molar-refractivity contribution in [2.24, 2.45) is 0 Å². The van der Waals surface area contributed by atoms with Gasteiger partial charge in [-0.1, -0.05) is 15.9 Å². The Bertz CT molecular complexity index is 366. The third-order valence-electron chi connectivity index (χ3n) is 2.19. The van der Waals surface area contributed by atoms with Crippen molar-refractivity contribution in [3.05, 3.63) is 28.2 Å². The highest BCUT2D eigenvalue weighted by atomic mass is 79.9. The normalized spacial score (nSPS) is 10.1. The van der Waals surface area contributed by atoms with Gasteiger partial charge in [0.25, 0.3) is 0 Å². The van der Waals surface area contributed by atoms with E-state index in [0.717, 1.165) is 10.2 Å². The molecule has 0 heterocycles. The second-order valence-electron chi connectivity index (χ2n) is 3.36. The van der Waals surface area contributed by atoms with Crippen molar-refractivity contribution < 1.29 is 9.90 Å². The lowest BCUT2D eigenvalue weighted by Gasteiger charge is -2.20. The van der Waals surface area contributed by atoms with E-state index in [2.05, 4.69) is 15.9 Å². The van der Waals surface area contributed by atoms with Gasteiger partial charge in [0, 0.05) is 29.3 Å². The number of likely N-dealkylation sites (N-methyl/N-ethyl adjacent to an activating group) is 1. The van der Waals surface area contributed by atoms with Crippen LogP contribution in [-0.4, -0.2) is 31.1 Å². The molecule has 0 radical (unpaired) electrons. The summed E-state index contributed by atoms with van der Waals surface area (Å²) in [5.74, 6) is 0.0299. The van der Waals surface area contributed by atoms with Crippen LogP contribution in [0.3, 0.4) is 0 Å². The number of hydrogen-bond donors (Lipinski definition) is 1. The molecule has 0 aliphatic rings. The van der Waals surface area contributed by atoms with Crippen molar-refractivity contribution in [3.8, 4) is 0 Å². The summed E-state index contributed by atoms with van der Waals surface area (Å²) in [4.78, 5) is 13.2. The zero-order chi connectivity index (χ0) is 11.4. The number of benzene rings is 1. The number of ketones is 1. The fraction of sp³-hybridized carbons (Fsp3) is 0.364. The summed E-state index contributed by atoms with van der Waals surface area (Å²) in [7, 11) is 1.85. The molecule has 0 aromatic heterocycles. The number of halogens is 1. The second-order valence-corrected chi connectivity index (χ2v) is 4.28. The van der Waals surface area contributed by atoms with Crippen LogP contribution in [0.15, 0.2) is 22.7 Å². The molecular formula is C11H14BrNO2. The summed E-state index contributed by atoms with van der Waals surface area (Å²) in [5, 5.41) is 8.86. The van der Waals surface area contributed by atoms with Crippen molar-refractivity contribution in [2.75, 3.05) is 25.1 Å². The van der Waals surface area contributed by atoms with E-state index in [0.29, 0.717) is 12.1 Å². The lowest BCUT2D eigenvalue weighted by Crippen LogP contribution is -2.23. The van der Waals surface area contributed by atoms with E-state index in [9.17, 15) is 4.79 Å². The van der Waals surface area contributed by atoms with Crippen molar-refractivity contribution in [1.82, 2.24) is 0 Å². The molecule has 3 nitrogen and oxygen atoms in total. The molecule has 0 bridgehead atoms. The molecule has 1 rings (SSSR count). The molecule has 0 spiro atoms. The monoisotopic (exact) mass is 271 g/mol. The highest BCUT2D eigenvalue weighted by Gasteiger charge is 2.10. The van der Waals surface area contributed by atoms with Crippen molar-refractivity contribution in [1.29, 1.82) is 0 Å². The van der Waals surface area contributed by atoms with Gasteiger partial charge in [0.2, 0.25) is 0 Å². The number of anilines is 1. The number of carbonyl (C=O) groups excluding carboxylic acids is 1. The Hall–Kier alpha value is -0.870. The molecule has 0 aliphatic carbocycles. The van der Waals surface area contributed by atoms with Gasteiger partial charge in [0.05, 0.1) is 6.61 Å². The van der Waals surface area contributed by atoms with E-state index in [1.54, 1.807) is 13.0 Å². The lowest BCUT2D eigenvalue weighted by atomic mass is 10.1. The molecule has 82 valence electrons. The number of hydrogen-bond acceptors (Lipinski definition) is 3. The Kier molecular flexibility index (Phi) is 4.29. The topological polar surface area (TPSA) is 40.5 Å². The predicted molar refractivity (Wildman–Crippen MR) is 64.5 cm³/mol. The maximum absolute atomic E-state index is 11.4. The second kappa shape index (κ2) is 5.28. The zero-order valence-corrected chi connectivity index (χ0v) is 10.4. The molecule has 0 aliphatic heterocycles. The highest BCUT2D eigenvalue weighted by molar-refractivity contribution is 9.10. The first-order chi connectivity index (χ1) is 7.06. The summed E-state index contributed by atoms with van der Waals surface area (Å²) in [5.41, 5.74) is 1.51. The Balaban J connectivity index is 3.12. The van der Waals surface area contributed by atoms with Crippen LogP contribution in [0.4, 0.5) is 5.69 Å². The lowest BCUT2D eigenvalue weighted by molar-refractivity contribution is 0.101. The van der Waals surface area contributed by atoms with E-state index >= 15 is 0 Å². The van der Waals surface area contributed by atoms with Crippen LogP contribution in [0.1, 0.15) is 17.3 Å². The summed E-state index contributed by atoms with van der Waals surface area (Å²) in [6.45, 7) is 2.12. The minimum absolute atomic E-state index is 0.0299. The molecule has 4 heteroatoms. The van der Waals surface area contributed by atoms with E-state index in [1.807, 2.05) is 24.1 Å². The van der Waals surface area contributed by atoms with Gasteiger partial charge in [-0.25, -0.2) is 0 Å². The van der Waals surface area contributed by atoms with Crippen LogP contribution in [0, 0.1) is 0 Å². The first kappa shape index (κ1) is 12.2. The average molecular weight is 272 g/mol. The van der Waals surface area contributed by atoms with Gasteiger partial charge in [-0.15, -0.1) is 0 Å². The zero-order valence-electron chi connectivity index (χ0n) is 8.83. The Morgan fingerprint density at radius 3 is 2.73 bits per heavy atom. The first-order valence-electron chi connectivity index (χ1n) is 4.68. The maximum atomic E-state index is 11.4. The summed E-state index contributed by atoms with van der Waals surface area (Å²) in [6, 6.07) is 5.51. The first-order valence-corrected chi connectivity index (χ1v) is 5.48. The molecule has 0 fully saturated rings. The van der Waals surface area contributed by atoms with Gasteiger partial charge >= 0.3 is 0 Å². The molecule has 0 saturated heterocycles. The minimum Gasteiger partial charge on any atom is -0.395 e. The van der Waals surface area contributed by atoms with Crippen LogP contribution in [0.5, 0.6) is 0 Å². The molecule has 0 atom stereocenters. The van der Waals surface area contributed by atoms with Crippen LogP contribution < -0.4 is 4.90 Å². The number of aliphatic hydroxyl groups excluding tert-OH is 1. The van der Waals surface area contributed by atoms with Crippen molar-refractivity contribution >= 4 is 27.4 Å². The van der Waals surface area contributed by atoms with E-state index in [-0.39, 0.29) is 12.4 Å². The fourth-order valence-electron chi connectivity index (χ4n) is 1.39. The van der Waals surface area contributed by atoms with Crippen LogP contribution >= 0.6 is 15.9 Å². The van der Waals surface area contributed by atoms with Gasteiger partial charge in [-0.3, -0.25) is 4.79 Å². The third-order valence-corrected chi connectivity index (χ3v) is 2.68. The van der Waals surface area contributed by atoms with Gasteiger partial charge < -0.3 is 10.0 Å². The van der Waals surface area contributed by atoms with Gasteiger partial charge in [0.15, 0.2) is 5.78 Å². The Morgan fingerprint density at radius 2 is 2.20 bits per heavy atom. The quantitative estimate of drug-likeness (QED) is 0.853. The summed E-state index contributed by atoms with van der Waals surface area (Å²) < 4.78 is 0.923. The number of Topliss-reactive ketones (excluding diaryl/α,β-unsaturated/α-hetero) is 1. The molecule has 0 unspecified atom stereocenters. The standard InChI is InChI=1S/C11H14BrNO2/c1-8(15)10-4-3-9(12)7-11(10)13(2)5-6-14/h3-4,7,14H,5-6H2,1-2H3. The molecular weight excluding hydrogens is 258 g/mol. The molecule has 0 amide bonds. The highest BCUT2D eigenvalue weighted by Crippen LogP contribution is 2.24. The van der Waals surface area contributed by atoms with E-state index in [1.165, 1.54) is 0 Å². The predicted octanol–water partition coefficient (Wildman–Crippen LogP) is 2.08. The van der Waals surface area contributed by atoms with Crippen LogP contribution in [0.2, 0.25) is 0 Å². The number of nitrogens with zero attached hydrogens (tertiary/aromatic N) is 1. The van der Waals surface area contributed by atoms with E-state index < -0.39 is 0 Å². The molecule has 0 saturated carbocycles. The van der Waals surface area contributed by atoms with Gasteiger partial charge in [-0.2, -0.15) is 0 Å². The number of carbonyl (C=O) groups is 1. The number of rotatable bonds is 4. The maximum Gasteiger partial charge on any atom is 0.161 e. The Morgan fingerprint density at radius 1 is 1.53 bits per heavy atom. The fourth-order valence-corrected chi connectivity index (χ4v) is 1.74. The summed E-state index contributed by atoms with van der Waals surface area (Å²) >= 11 is 3.36. The van der Waals surface area contributed by atoms with Crippen LogP contribution in [0.25, 0.3) is 0 Å². The van der Waals surface area contributed by atoms with Gasteiger partial charge in [0.1, 0.15) is 0 Å². The smallest absolute Gasteiger partial charge is 0.161 e. The molecule has 15 heavy (non-hydrogen) atoms. The SMILES string of the molecule is CC(=O)c1ccc(Br)cc1N(C)CCO. The molecule has 1 aromatic carbocycles. The van der Waals surface area contributed by atoms with E-state index in [4.69, 9.17) is 5.11 Å². The average Bonchev–Trinajstić information content (AvgIpc) is 2.17. The Labute approximate surface area is 97.8 Å². The van der Waals surface area contributed by atoms with Crippen molar-refractivity contribution in [2.45, 2.75) is 6.92 Å². The minimum atomic E-state index is 0.0299. The van der Waals surface area contributed by atoms with Crippen LogP contribution in [-0.2, 0) is 0 Å². The third kappa shape index (κ3) is 3.04. The van der Waals surface area contributed by atoms with Gasteiger partial charge in [-0.05, 0) is 25.1 Å². The molecule has 1 N–H and O–H groups in total. The molecule has 1 aromatic rings. The largest absolute Gasteiger partial charge is 0.395 e. The summed E-state index contributed by atoms with van der Waals surface area (Å²) in [6.07, 6.45) is 0.